The molecule has 0 radical (unpaired) electrons. The van der Waals surface area contributed by atoms with Crippen molar-refractivity contribution in [1.29, 1.82) is 0 Å². The van der Waals surface area contributed by atoms with Crippen molar-refractivity contribution in [2.45, 2.75) is 26.2 Å². The average Bonchev–Trinajstić information content (AvgIpc) is 2.45. The fourth-order valence-corrected chi connectivity index (χ4v) is 1.68. The highest BCUT2D eigenvalue weighted by molar-refractivity contribution is 9.10. The van der Waals surface area contributed by atoms with Crippen LogP contribution in [0.5, 0.6) is 0 Å². The topological polar surface area (TPSA) is 30.2 Å². The number of aldehydes is 1. The lowest BCUT2D eigenvalue weighted by atomic mass is 10.1. The molecule has 0 amide bonds. The predicted octanol–water partition coefficient (Wildman–Crippen LogP) is 3.37. The highest BCUT2D eigenvalue weighted by Gasteiger charge is 2.13. The molecule has 0 aliphatic rings. The van der Waals surface area contributed by atoms with E-state index in [2.05, 4.69) is 29.8 Å². The second-order valence-corrected chi connectivity index (χ2v) is 3.64. The molecule has 1 aromatic rings. The minimum absolute atomic E-state index is 0.355. The Morgan fingerprint density at radius 2 is 2.42 bits per heavy atom. The Kier molecular flexibility index (Phi) is 3.09. The van der Waals surface area contributed by atoms with Crippen LogP contribution in [0.1, 0.15) is 42.5 Å². The molecule has 1 aromatic heterocycles. The van der Waals surface area contributed by atoms with Crippen molar-refractivity contribution in [3.8, 4) is 0 Å². The summed E-state index contributed by atoms with van der Waals surface area (Å²) >= 11 is 3.35. The molecule has 12 heavy (non-hydrogen) atoms. The molecule has 0 N–H and O–H groups in total. The maximum Gasteiger partial charge on any atom is 0.185 e. The third-order valence-corrected chi connectivity index (χ3v) is 2.53. The van der Waals surface area contributed by atoms with E-state index in [0.29, 0.717) is 11.7 Å². The Bertz CT molecular complexity index is 278. The summed E-state index contributed by atoms with van der Waals surface area (Å²) in [6.45, 7) is 4.15. The third-order valence-electron chi connectivity index (χ3n) is 1.91. The van der Waals surface area contributed by atoms with E-state index < -0.39 is 0 Å². The van der Waals surface area contributed by atoms with E-state index in [9.17, 15) is 4.79 Å². The molecule has 0 saturated carbocycles. The molecular formula is C9H11BrO2. The van der Waals surface area contributed by atoms with E-state index in [1.807, 2.05) is 0 Å². The number of furan rings is 1. The van der Waals surface area contributed by atoms with Crippen molar-refractivity contribution in [3.05, 3.63) is 22.1 Å². The van der Waals surface area contributed by atoms with Gasteiger partial charge in [0.2, 0.25) is 0 Å². The molecule has 1 unspecified atom stereocenters. The predicted molar refractivity (Wildman–Crippen MR) is 50.5 cm³/mol. The summed E-state index contributed by atoms with van der Waals surface area (Å²) in [5.41, 5.74) is 0. The normalized spacial score (nSPS) is 12.9. The van der Waals surface area contributed by atoms with Gasteiger partial charge in [0, 0.05) is 12.0 Å². The first-order chi connectivity index (χ1) is 5.69. The molecule has 0 aromatic carbocycles. The van der Waals surface area contributed by atoms with E-state index in [4.69, 9.17) is 4.42 Å². The number of carbonyl (C=O) groups excluding carboxylic acids is 1. The van der Waals surface area contributed by atoms with E-state index in [1.165, 1.54) is 0 Å². The van der Waals surface area contributed by atoms with Crippen LogP contribution < -0.4 is 0 Å². The summed E-state index contributed by atoms with van der Waals surface area (Å²) in [6.07, 6.45) is 1.72. The molecule has 2 nitrogen and oxygen atoms in total. The van der Waals surface area contributed by atoms with Crippen molar-refractivity contribution < 1.29 is 9.21 Å². The van der Waals surface area contributed by atoms with E-state index >= 15 is 0 Å². The van der Waals surface area contributed by atoms with Gasteiger partial charge in [0.05, 0.1) is 4.47 Å². The van der Waals surface area contributed by atoms with Crippen molar-refractivity contribution in [3.63, 3.8) is 0 Å². The minimum Gasteiger partial charge on any atom is -0.457 e. The van der Waals surface area contributed by atoms with Crippen LogP contribution in [-0.2, 0) is 0 Å². The van der Waals surface area contributed by atoms with Crippen LogP contribution in [0.4, 0.5) is 0 Å². The summed E-state index contributed by atoms with van der Waals surface area (Å²) in [5.74, 6) is 1.60. The Balaban J connectivity index is 2.98. The van der Waals surface area contributed by atoms with Crippen LogP contribution in [0.15, 0.2) is 15.0 Å². The van der Waals surface area contributed by atoms with Crippen LogP contribution in [0.2, 0.25) is 0 Å². The number of rotatable bonds is 3. The fourth-order valence-electron chi connectivity index (χ4n) is 0.981. The fraction of sp³-hybridized carbons (Fsp3) is 0.444. The first kappa shape index (κ1) is 9.52. The van der Waals surface area contributed by atoms with Gasteiger partial charge < -0.3 is 4.42 Å². The maximum atomic E-state index is 10.4. The van der Waals surface area contributed by atoms with Gasteiger partial charge in [-0.2, -0.15) is 0 Å². The lowest BCUT2D eigenvalue weighted by Crippen LogP contribution is -1.88. The molecule has 1 heterocycles. The van der Waals surface area contributed by atoms with Gasteiger partial charge >= 0.3 is 0 Å². The van der Waals surface area contributed by atoms with Crippen molar-refractivity contribution >= 4 is 22.2 Å². The van der Waals surface area contributed by atoms with Gasteiger partial charge in [-0.3, -0.25) is 4.79 Å². The van der Waals surface area contributed by atoms with Crippen molar-refractivity contribution in [2.75, 3.05) is 0 Å². The van der Waals surface area contributed by atoms with Gasteiger partial charge in [-0.05, 0) is 22.4 Å². The monoisotopic (exact) mass is 230 g/mol. The zero-order valence-electron chi connectivity index (χ0n) is 7.13. The summed E-state index contributed by atoms with van der Waals surface area (Å²) in [4.78, 5) is 10.4. The quantitative estimate of drug-likeness (QED) is 0.746. The van der Waals surface area contributed by atoms with E-state index in [1.54, 1.807) is 6.07 Å². The van der Waals surface area contributed by atoms with Crippen LogP contribution >= 0.6 is 15.9 Å². The Morgan fingerprint density at radius 3 is 2.83 bits per heavy atom. The summed E-state index contributed by atoms with van der Waals surface area (Å²) in [5, 5.41) is 0. The van der Waals surface area contributed by atoms with Crippen LogP contribution in [0, 0.1) is 0 Å². The molecule has 0 saturated heterocycles. The van der Waals surface area contributed by atoms with Gasteiger partial charge in [0.15, 0.2) is 12.0 Å². The number of hydrogen-bond acceptors (Lipinski definition) is 2. The first-order valence-electron chi connectivity index (χ1n) is 3.93. The van der Waals surface area contributed by atoms with Crippen LogP contribution in [0.25, 0.3) is 0 Å². The molecule has 0 aliphatic heterocycles. The molecule has 3 heteroatoms. The third kappa shape index (κ3) is 1.78. The Hall–Kier alpha value is -0.570. The largest absolute Gasteiger partial charge is 0.457 e. The van der Waals surface area contributed by atoms with Gasteiger partial charge in [0.1, 0.15) is 5.76 Å². The molecule has 0 fully saturated rings. The lowest BCUT2D eigenvalue weighted by molar-refractivity contribution is 0.109. The summed E-state index contributed by atoms with van der Waals surface area (Å²) in [7, 11) is 0. The van der Waals surface area contributed by atoms with Crippen LogP contribution in [-0.4, -0.2) is 6.29 Å². The molecule has 0 aliphatic carbocycles. The molecule has 0 spiro atoms. The number of hydrogen-bond donors (Lipinski definition) is 0. The van der Waals surface area contributed by atoms with Crippen LogP contribution in [0.3, 0.4) is 0 Å². The average molecular weight is 231 g/mol. The zero-order valence-corrected chi connectivity index (χ0v) is 8.72. The van der Waals surface area contributed by atoms with Crippen molar-refractivity contribution in [1.82, 2.24) is 0 Å². The van der Waals surface area contributed by atoms with Gasteiger partial charge in [-0.1, -0.05) is 13.8 Å². The number of halogens is 1. The summed E-state index contributed by atoms with van der Waals surface area (Å²) in [6, 6.07) is 1.70. The molecule has 0 bridgehead atoms. The summed E-state index contributed by atoms with van der Waals surface area (Å²) < 4.78 is 6.19. The SMILES string of the molecule is CCC(C)c1oc(C=O)cc1Br. The lowest BCUT2D eigenvalue weighted by Gasteiger charge is -2.03. The standard InChI is InChI=1S/C9H11BrO2/c1-3-6(2)9-8(10)4-7(5-11)12-9/h4-6H,3H2,1-2H3. The van der Waals surface area contributed by atoms with Gasteiger partial charge in [-0.15, -0.1) is 0 Å². The number of carbonyl (C=O) groups is 1. The Labute approximate surface area is 80.1 Å². The zero-order chi connectivity index (χ0) is 9.14. The maximum absolute atomic E-state index is 10.4. The highest BCUT2D eigenvalue weighted by Crippen LogP contribution is 2.29. The van der Waals surface area contributed by atoms with Gasteiger partial charge in [-0.25, -0.2) is 0 Å². The first-order valence-corrected chi connectivity index (χ1v) is 4.72. The minimum atomic E-state index is 0.355. The van der Waals surface area contributed by atoms with Crippen molar-refractivity contribution in [2.24, 2.45) is 0 Å². The molecular weight excluding hydrogens is 220 g/mol. The molecule has 66 valence electrons. The van der Waals surface area contributed by atoms with Gasteiger partial charge in [0.25, 0.3) is 0 Å². The highest BCUT2D eigenvalue weighted by atomic mass is 79.9. The Morgan fingerprint density at radius 1 is 1.75 bits per heavy atom. The smallest absolute Gasteiger partial charge is 0.185 e. The molecule has 1 atom stereocenters. The second kappa shape index (κ2) is 3.90. The second-order valence-electron chi connectivity index (χ2n) is 2.79. The molecule has 1 rings (SSSR count). The van der Waals surface area contributed by atoms with E-state index in [-0.39, 0.29) is 0 Å². The van der Waals surface area contributed by atoms with E-state index in [0.717, 1.165) is 22.9 Å².